The van der Waals surface area contributed by atoms with Gasteiger partial charge >= 0.3 is 5.97 Å². The number of benzene rings is 1. The lowest BCUT2D eigenvalue weighted by Crippen LogP contribution is -2.42. The fourth-order valence-corrected chi connectivity index (χ4v) is 1.69. The monoisotopic (exact) mass is 250 g/mol. The standard InChI is InChI=1S/C14H22N2O2/c1-10(2)12-6-4-11(5-7-12)8-16-9-13(15-3)14(17)18/h4-7,10,13,15-16H,8-9H2,1-3H3,(H,17,18). The number of likely N-dealkylation sites (N-methyl/N-ethyl adjacent to an activating group) is 1. The normalized spacial score (nSPS) is 12.7. The Labute approximate surface area is 108 Å². The Kier molecular flexibility index (Phi) is 5.82. The number of nitrogens with one attached hydrogen (secondary N) is 2. The number of rotatable bonds is 7. The summed E-state index contributed by atoms with van der Waals surface area (Å²) in [6.45, 7) is 5.43. The van der Waals surface area contributed by atoms with E-state index in [0.29, 0.717) is 19.0 Å². The van der Waals surface area contributed by atoms with Gasteiger partial charge in [0.15, 0.2) is 0 Å². The molecule has 3 N–H and O–H groups in total. The summed E-state index contributed by atoms with van der Waals surface area (Å²) < 4.78 is 0. The van der Waals surface area contributed by atoms with E-state index >= 15 is 0 Å². The zero-order valence-electron chi connectivity index (χ0n) is 11.2. The summed E-state index contributed by atoms with van der Waals surface area (Å²) in [5.41, 5.74) is 2.48. The first-order valence-corrected chi connectivity index (χ1v) is 6.24. The Hall–Kier alpha value is -1.39. The van der Waals surface area contributed by atoms with E-state index in [1.165, 1.54) is 11.1 Å². The number of carboxylic acids is 1. The molecule has 18 heavy (non-hydrogen) atoms. The topological polar surface area (TPSA) is 61.4 Å². The highest BCUT2D eigenvalue weighted by atomic mass is 16.4. The van der Waals surface area contributed by atoms with Crippen LogP contribution in [0.2, 0.25) is 0 Å². The number of carbonyl (C=O) groups is 1. The van der Waals surface area contributed by atoms with Crippen molar-refractivity contribution in [3.05, 3.63) is 35.4 Å². The molecule has 1 rings (SSSR count). The number of hydrogen-bond acceptors (Lipinski definition) is 3. The Morgan fingerprint density at radius 1 is 1.28 bits per heavy atom. The second-order valence-electron chi connectivity index (χ2n) is 4.71. The molecule has 0 saturated carbocycles. The van der Waals surface area contributed by atoms with Gasteiger partial charge in [-0.2, -0.15) is 0 Å². The molecule has 0 aliphatic carbocycles. The average Bonchev–Trinajstić information content (AvgIpc) is 2.34. The fourth-order valence-electron chi connectivity index (χ4n) is 1.69. The van der Waals surface area contributed by atoms with E-state index in [2.05, 4.69) is 48.7 Å². The molecule has 0 heterocycles. The minimum atomic E-state index is -0.833. The molecule has 1 unspecified atom stereocenters. The lowest BCUT2D eigenvalue weighted by Gasteiger charge is -2.12. The number of carboxylic acid groups (broad SMARTS) is 1. The summed E-state index contributed by atoms with van der Waals surface area (Å²) in [6, 6.07) is 7.86. The zero-order chi connectivity index (χ0) is 13.5. The fraction of sp³-hybridized carbons (Fsp3) is 0.500. The van der Waals surface area contributed by atoms with Crippen LogP contribution in [0.15, 0.2) is 24.3 Å². The molecular formula is C14H22N2O2. The highest BCUT2D eigenvalue weighted by molar-refractivity contribution is 5.73. The van der Waals surface area contributed by atoms with Crippen LogP contribution in [0.5, 0.6) is 0 Å². The van der Waals surface area contributed by atoms with Gasteiger partial charge in [0.1, 0.15) is 6.04 Å². The van der Waals surface area contributed by atoms with E-state index in [4.69, 9.17) is 5.11 Å². The lowest BCUT2D eigenvalue weighted by atomic mass is 10.0. The van der Waals surface area contributed by atoms with Crippen molar-refractivity contribution < 1.29 is 9.90 Å². The van der Waals surface area contributed by atoms with Crippen LogP contribution < -0.4 is 10.6 Å². The molecule has 4 heteroatoms. The van der Waals surface area contributed by atoms with Gasteiger partial charge in [-0.25, -0.2) is 0 Å². The van der Waals surface area contributed by atoms with Crippen molar-refractivity contribution in [1.82, 2.24) is 10.6 Å². The quantitative estimate of drug-likeness (QED) is 0.687. The van der Waals surface area contributed by atoms with Crippen LogP contribution in [-0.4, -0.2) is 30.7 Å². The first kappa shape index (κ1) is 14.7. The zero-order valence-corrected chi connectivity index (χ0v) is 11.2. The third-order valence-corrected chi connectivity index (χ3v) is 2.97. The van der Waals surface area contributed by atoms with E-state index in [0.717, 1.165) is 0 Å². The Bertz CT molecular complexity index is 374. The molecule has 0 aromatic heterocycles. The van der Waals surface area contributed by atoms with E-state index in [1.807, 2.05) is 0 Å². The van der Waals surface area contributed by atoms with Crippen LogP contribution in [0.3, 0.4) is 0 Å². The molecular weight excluding hydrogens is 228 g/mol. The molecule has 4 nitrogen and oxygen atoms in total. The van der Waals surface area contributed by atoms with E-state index in [9.17, 15) is 4.79 Å². The molecule has 0 saturated heterocycles. The van der Waals surface area contributed by atoms with Crippen molar-refractivity contribution >= 4 is 5.97 Å². The smallest absolute Gasteiger partial charge is 0.322 e. The van der Waals surface area contributed by atoms with Crippen LogP contribution in [0.25, 0.3) is 0 Å². The highest BCUT2D eigenvalue weighted by Gasteiger charge is 2.13. The minimum Gasteiger partial charge on any atom is -0.480 e. The molecule has 1 aromatic rings. The van der Waals surface area contributed by atoms with Gasteiger partial charge in [0.05, 0.1) is 0 Å². The van der Waals surface area contributed by atoms with E-state index in [1.54, 1.807) is 7.05 Å². The molecule has 0 bridgehead atoms. The summed E-state index contributed by atoms with van der Waals surface area (Å²) in [5, 5.41) is 14.8. The van der Waals surface area contributed by atoms with E-state index < -0.39 is 12.0 Å². The SMILES string of the molecule is CNC(CNCc1ccc(C(C)C)cc1)C(=O)O. The first-order chi connectivity index (χ1) is 8.54. The van der Waals surface area contributed by atoms with Crippen molar-refractivity contribution in [3.8, 4) is 0 Å². The molecule has 0 fully saturated rings. The molecule has 100 valence electrons. The highest BCUT2D eigenvalue weighted by Crippen LogP contribution is 2.14. The molecule has 1 atom stereocenters. The number of aliphatic carboxylic acids is 1. The molecule has 0 radical (unpaired) electrons. The number of hydrogen-bond donors (Lipinski definition) is 3. The van der Waals surface area contributed by atoms with Crippen molar-refractivity contribution in [2.75, 3.05) is 13.6 Å². The van der Waals surface area contributed by atoms with Gasteiger partial charge in [0.2, 0.25) is 0 Å². The average molecular weight is 250 g/mol. The molecule has 0 amide bonds. The van der Waals surface area contributed by atoms with Crippen LogP contribution in [0, 0.1) is 0 Å². The van der Waals surface area contributed by atoms with Crippen molar-refractivity contribution in [3.63, 3.8) is 0 Å². The lowest BCUT2D eigenvalue weighted by molar-refractivity contribution is -0.139. The van der Waals surface area contributed by atoms with Gasteiger partial charge in [-0.3, -0.25) is 4.79 Å². The van der Waals surface area contributed by atoms with Gasteiger partial charge in [0, 0.05) is 13.1 Å². The Morgan fingerprint density at radius 3 is 2.33 bits per heavy atom. The summed E-state index contributed by atoms with van der Waals surface area (Å²) in [5.74, 6) is -0.298. The maximum atomic E-state index is 10.8. The largest absolute Gasteiger partial charge is 0.480 e. The summed E-state index contributed by atoms with van der Waals surface area (Å²) in [6.07, 6.45) is 0. The van der Waals surface area contributed by atoms with Gasteiger partial charge in [-0.05, 0) is 24.1 Å². The minimum absolute atomic E-state index is 0.414. The summed E-state index contributed by atoms with van der Waals surface area (Å²) in [4.78, 5) is 10.8. The molecule has 1 aromatic carbocycles. The first-order valence-electron chi connectivity index (χ1n) is 6.24. The van der Waals surface area contributed by atoms with Crippen LogP contribution >= 0.6 is 0 Å². The van der Waals surface area contributed by atoms with Gasteiger partial charge in [0.25, 0.3) is 0 Å². The van der Waals surface area contributed by atoms with Crippen molar-refractivity contribution in [2.45, 2.75) is 32.4 Å². The van der Waals surface area contributed by atoms with Gasteiger partial charge in [-0.1, -0.05) is 38.1 Å². The van der Waals surface area contributed by atoms with Crippen LogP contribution in [-0.2, 0) is 11.3 Å². The van der Waals surface area contributed by atoms with Gasteiger partial charge < -0.3 is 15.7 Å². The Morgan fingerprint density at radius 2 is 1.89 bits per heavy atom. The van der Waals surface area contributed by atoms with Crippen LogP contribution in [0.1, 0.15) is 30.9 Å². The molecule has 0 aliphatic heterocycles. The predicted octanol–water partition coefficient (Wildman–Crippen LogP) is 1.57. The molecule has 0 aliphatic rings. The maximum absolute atomic E-state index is 10.8. The van der Waals surface area contributed by atoms with Crippen LogP contribution in [0.4, 0.5) is 0 Å². The Balaban J connectivity index is 2.42. The predicted molar refractivity (Wildman–Crippen MR) is 72.7 cm³/mol. The second-order valence-corrected chi connectivity index (χ2v) is 4.71. The molecule has 0 spiro atoms. The van der Waals surface area contributed by atoms with Gasteiger partial charge in [-0.15, -0.1) is 0 Å². The van der Waals surface area contributed by atoms with E-state index in [-0.39, 0.29) is 0 Å². The van der Waals surface area contributed by atoms with Crippen molar-refractivity contribution in [2.24, 2.45) is 0 Å². The third kappa shape index (κ3) is 4.47. The summed E-state index contributed by atoms with van der Waals surface area (Å²) in [7, 11) is 1.65. The van der Waals surface area contributed by atoms with Crippen molar-refractivity contribution in [1.29, 1.82) is 0 Å². The maximum Gasteiger partial charge on any atom is 0.322 e. The second kappa shape index (κ2) is 7.13. The third-order valence-electron chi connectivity index (χ3n) is 2.97. The summed E-state index contributed by atoms with van der Waals surface area (Å²) >= 11 is 0.